The van der Waals surface area contributed by atoms with Crippen LogP contribution in [-0.2, 0) is 42.3 Å². The van der Waals surface area contributed by atoms with Crippen LogP contribution in [0.4, 0.5) is 0 Å². The van der Waals surface area contributed by atoms with Crippen LogP contribution in [-0.4, -0.2) is 99.3 Å². The third-order valence-electron chi connectivity index (χ3n) is 10.2. The van der Waals surface area contributed by atoms with Crippen LogP contribution in [0.25, 0.3) is 0 Å². The van der Waals surface area contributed by atoms with Gasteiger partial charge in [0.05, 0.1) is 31.5 Å². The number of ether oxygens (including phenoxy) is 2. The molecule has 8 atom stereocenters. The summed E-state index contributed by atoms with van der Waals surface area (Å²) in [6.07, 6.45) is 17.8. The molecule has 332 valence electrons. The first-order valence-corrected chi connectivity index (χ1v) is 22.9. The van der Waals surface area contributed by atoms with Crippen molar-refractivity contribution in [3.63, 3.8) is 0 Å². The molecule has 1 unspecified atom stereocenters. The van der Waals surface area contributed by atoms with Crippen molar-refractivity contribution in [2.24, 2.45) is 17.6 Å². The molecule has 1 fully saturated rings. The molecule has 1 aliphatic carbocycles. The molecule has 1 aliphatic rings. The number of carboxylic acids is 1. The van der Waals surface area contributed by atoms with Crippen LogP contribution >= 0.6 is 7.82 Å². The number of phosphoric ester groups is 1. The van der Waals surface area contributed by atoms with Gasteiger partial charge in [0, 0.05) is 43.9 Å². The van der Waals surface area contributed by atoms with Gasteiger partial charge in [-0.1, -0.05) is 116 Å². The lowest BCUT2D eigenvalue weighted by molar-refractivity contribution is -0.161. The summed E-state index contributed by atoms with van der Waals surface area (Å²) in [6.45, 7) is 2.30. The highest BCUT2D eigenvalue weighted by atomic mass is 31.2. The Kier molecular flexibility index (Phi) is 29.3. The normalized spacial score (nSPS) is 20.9. The van der Waals surface area contributed by atoms with Gasteiger partial charge in [0.2, 0.25) is 0 Å². The van der Waals surface area contributed by atoms with Gasteiger partial charge in [-0.3, -0.25) is 28.2 Å². The van der Waals surface area contributed by atoms with E-state index in [1.807, 2.05) is 0 Å². The number of ketones is 1. The van der Waals surface area contributed by atoms with Crippen molar-refractivity contribution in [1.29, 1.82) is 0 Å². The number of hydrogen-bond acceptors (Lipinski definition) is 13. The number of rotatable bonds is 36. The Balaban J connectivity index is 2.54. The molecule has 1 rings (SSSR count). The van der Waals surface area contributed by atoms with E-state index < -0.39 is 87.8 Å². The number of aliphatic hydroxyl groups excluding tert-OH is 3. The first-order valence-electron chi connectivity index (χ1n) is 21.4. The SMILES string of the molecule is CCCCCCCCCCCCCCC(=O)O[C@H](COC(=O)CCCCC(=O)C[C@@H]1[C@@H](/C=C/[C@@H](O)CCCCC)[C@H](O)C[C@@H]1O)COP(=O)(O)OC[C@H](N)C(=O)O. The van der Waals surface area contributed by atoms with Gasteiger partial charge in [0.25, 0.3) is 0 Å². The van der Waals surface area contributed by atoms with E-state index in [2.05, 4.69) is 18.4 Å². The average Bonchev–Trinajstić information content (AvgIpc) is 3.43. The number of phosphoric acid groups is 1. The molecule has 0 amide bonds. The molecule has 7 N–H and O–H groups in total. The van der Waals surface area contributed by atoms with E-state index >= 15 is 0 Å². The number of unbranched alkanes of at least 4 members (excludes halogenated alkanes) is 14. The summed E-state index contributed by atoms with van der Waals surface area (Å²) >= 11 is 0. The predicted molar refractivity (Wildman–Crippen MR) is 215 cm³/mol. The molecule has 0 aromatic rings. The number of Topliss-reactive ketones (excluding diaryl/α,β-unsaturated/α-hetero) is 1. The molecule has 16 heteroatoms. The van der Waals surface area contributed by atoms with Gasteiger partial charge in [0.1, 0.15) is 18.4 Å². The molecule has 0 heterocycles. The zero-order valence-corrected chi connectivity index (χ0v) is 35.4. The third kappa shape index (κ3) is 26.5. The van der Waals surface area contributed by atoms with Gasteiger partial charge in [-0.05, 0) is 25.7 Å². The summed E-state index contributed by atoms with van der Waals surface area (Å²) in [7, 11) is -4.80. The monoisotopic (exact) mass is 835 g/mol. The minimum atomic E-state index is -4.80. The molecule has 0 radical (unpaired) electrons. The summed E-state index contributed by atoms with van der Waals surface area (Å²) in [6, 6.07) is -1.57. The lowest BCUT2D eigenvalue weighted by Crippen LogP contribution is -2.34. The van der Waals surface area contributed by atoms with Crippen molar-refractivity contribution in [2.45, 2.75) is 192 Å². The predicted octanol–water partition coefficient (Wildman–Crippen LogP) is 6.45. The van der Waals surface area contributed by atoms with Gasteiger partial charge in [-0.25, -0.2) is 4.57 Å². The van der Waals surface area contributed by atoms with Crippen molar-refractivity contribution in [3.05, 3.63) is 12.2 Å². The van der Waals surface area contributed by atoms with Gasteiger partial charge in [0.15, 0.2) is 6.10 Å². The highest BCUT2D eigenvalue weighted by molar-refractivity contribution is 7.47. The van der Waals surface area contributed by atoms with Crippen LogP contribution in [0.3, 0.4) is 0 Å². The summed E-state index contributed by atoms with van der Waals surface area (Å²) in [5, 5.41) is 40.1. The second-order valence-corrected chi connectivity index (χ2v) is 16.9. The Morgan fingerprint density at radius 2 is 1.26 bits per heavy atom. The number of nitrogens with two attached hydrogens (primary N) is 1. The van der Waals surface area contributed by atoms with Crippen molar-refractivity contribution in [2.75, 3.05) is 19.8 Å². The Morgan fingerprint density at radius 1 is 0.737 bits per heavy atom. The molecule has 0 aromatic heterocycles. The zero-order valence-electron chi connectivity index (χ0n) is 34.5. The summed E-state index contributed by atoms with van der Waals surface area (Å²) < 4.78 is 32.5. The molecule has 0 aliphatic heterocycles. The van der Waals surface area contributed by atoms with Crippen LogP contribution in [0.2, 0.25) is 0 Å². The highest BCUT2D eigenvalue weighted by Gasteiger charge is 2.41. The van der Waals surface area contributed by atoms with E-state index in [1.54, 1.807) is 12.2 Å². The lowest BCUT2D eigenvalue weighted by Gasteiger charge is -2.20. The van der Waals surface area contributed by atoms with E-state index in [-0.39, 0.29) is 37.9 Å². The quantitative estimate of drug-likeness (QED) is 0.0172. The number of hydrogen-bond donors (Lipinski definition) is 6. The highest BCUT2D eigenvalue weighted by Crippen LogP contribution is 2.43. The standard InChI is InChI=1S/C41H74NO14P/c1-3-5-7-8-9-10-11-12-13-14-15-17-23-40(48)56-33(29-54-57(51,52)55-30-36(42)41(49)50)28-53-39(47)22-19-18-21-32(44)26-35-34(37(45)27-38(35)46)25-24-31(43)20-16-6-4-2/h24-25,31,33-38,43,45-46H,3-23,26-30,42H2,1-2H3,(H,49,50)(H,51,52)/b25-24+/t31-,33+,34+,35+,36-,37+,38-/m0/s1. The average molecular weight is 836 g/mol. The molecule has 15 nitrogen and oxygen atoms in total. The first-order chi connectivity index (χ1) is 27.2. The smallest absolute Gasteiger partial charge is 0.472 e. The molecule has 0 aromatic carbocycles. The Bertz CT molecular complexity index is 1200. The number of carbonyl (C=O) groups excluding carboxylic acids is 3. The molecule has 0 bridgehead atoms. The Morgan fingerprint density at radius 3 is 1.88 bits per heavy atom. The fourth-order valence-electron chi connectivity index (χ4n) is 6.77. The minimum Gasteiger partial charge on any atom is -0.480 e. The van der Waals surface area contributed by atoms with Crippen LogP contribution in [0, 0.1) is 11.8 Å². The number of carboxylic acid groups (broad SMARTS) is 1. The van der Waals surface area contributed by atoms with Crippen molar-refractivity contribution >= 4 is 31.5 Å². The topological polar surface area (TPSA) is 249 Å². The summed E-state index contributed by atoms with van der Waals surface area (Å²) in [5.74, 6) is -3.77. The molecule has 0 saturated heterocycles. The van der Waals surface area contributed by atoms with Crippen molar-refractivity contribution in [1.82, 2.24) is 0 Å². The molecule has 57 heavy (non-hydrogen) atoms. The van der Waals surface area contributed by atoms with Crippen molar-refractivity contribution in [3.8, 4) is 0 Å². The minimum absolute atomic E-state index is 0.0522. The van der Waals surface area contributed by atoms with E-state index in [0.717, 1.165) is 44.9 Å². The van der Waals surface area contributed by atoms with Crippen LogP contribution in [0.15, 0.2) is 12.2 Å². The molecule has 0 spiro atoms. The molecular formula is C41H74NO14P. The number of aliphatic carboxylic acids is 1. The van der Waals surface area contributed by atoms with Crippen LogP contribution in [0.1, 0.15) is 162 Å². The summed E-state index contributed by atoms with van der Waals surface area (Å²) in [4.78, 5) is 58.9. The number of carbonyl (C=O) groups is 4. The summed E-state index contributed by atoms with van der Waals surface area (Å²) in [5.41, 5.74) is 5.31. The zero-order chi connectivity index (χ0) is 42.5. The molecular weight excluding hydrogens is 761 g/mol. The van der Waals surface area contributed by atoms with Crippen LogP contribution in [0.5, 0.6) is 0 Å². The fourth-order valence-corrected chi connectivity index (χ4v) is 7.54. The second kappa shape index (κ2) is 31.7. The van der Waals surface area contributed by atoms with Crippen molar-refractivity contribution < 1.29 is 67.6 Å². The van der Waals surface area contributed by atoms with E-state index in [0.29, 0.717) is 25.7 Å². The van der Waals surface area contributed by atoms with Gasteiger partial charge in [-0.15, -0.1) is 0 Å². The van der Waals surface area contributed by atoms with Crippen LogP contribution < -0.4 is 5.73 Å². The Hall–Kier alpha value is -2.23. The first kappa shape index (κ1) is 52.8. The van der Waals surface area contributed by atoms with Gasteiger partial charge in [-0.2, -0.15) is 0 Å². The Labute approximate surface area is 340 Å². The lowest BCUT2D eigenvalue weighted by atomic mass is 9.87. The van der Waals surface area contributed by atoms with Gasteiger partial charge >= 0.3 is 25.7 Å². The van der Waals surface area contributed by atoms with Gasteiger partial charge < -0.3 is 40.5 Å². The second-order valence-electron chi connectivity index (χ2n) is 15.4. The maximum Gasteiger partial charge on any atom is 0.472 e. The maximum absolute atomic E-state index is 12.8. The van der Waals surface area contributed by atoms with E-state index in [4.69, 9.17) is 24.8 Å². The number of aliphatic hydroxyl groups is 3. The maximum atomic E-state index is 12.8. The fraction of sp³-hybridized carbons (Fsp3) is 0.854. The largest absolute Gasteiger partial charge is 0.480 e. The molecule has 1 saturated carbocycles. The third-order valence-corrected chi connectivity index (χ3v) is 11.2. The van der Waals surface area contributed by atoms with E-state index in [9.17, 15) is 44.0 Å². The number of esters is 2. The van der Waals surface area contributed by atoms with E-state index in [1.165, 1.54) is 44.9 Å².